The molecule has 5 heteroatoms. The maximum Gasteiger partial charge on any atom is 0.416 e. The van der Waals surface area contributed by atoms with E-state index in [-0.39, 0.29) is 0 Å². The Hall–Kier alpha value is -1.00. The molecule has 0 spiro atoms. The predicted molar refractivity (Wildman–Crippen MR) is 58.1 cm³/mol. The largest absolute Gasteiger partial charge is 0.416 e. The second kappa shape index (κ2) is 5.92. The number of alkyl halides is 3. The van der Waals surface area contributed by atoms with Crippen molar-refractivity contribution in [2.75, 3.05) is 6.54 Å². The zero-order chi connectivity index (χ0) is 12.0. The van der Waals surface area contributed by atoms with Gasteiger partial charge in [-0.05, 0) is 11.6 Å². The van der Waals surface area contributed by atoms with Crippen molar-refractivity contribution in [1.82, 2.24) is 5.32 Å². The highest BCUT2D eigenvalue weighted by molar-refractivity contribution is 6.25. The third-order valence-corrected chi connectivity index (χ3v) is 2.11. The molecule has 0 heterocycles. The second-order valence-corrected chi connectivity index (χ2v) is 3.44. The van der Waals surface area contributed by atoms with Gasteiger partial charge >= 0.3 is 6.18 Å². The van der Waals surface area contributed by atoms with Gasteiger partial charge < -0.3 is 5.32 Å². The van der Waals surface area contributed by atoms with E-state index >= 15 is 0 Å². The van der Waals surface area contributed by atoms with Crippen LogP contribution in [-0.2, 0) is 12.7 Å². The van der Waals surface area contributed by atoms with Crippen molar-refractivity contribution in [2.24, 2.45) is 0 Å². The number of benzene rings is 1. The van der Waals surface area contributed by atoms with Crippen molar-refractivity contribution in [1.29, 1.82) is 0 Å². The zero-order valence-electron chi connectivity index (χ0n) is 8.39. The Morgan fingerprint density at radius 1 is 1.31 bits per heavy atom. The quantitative estimate of drug-likeness (QED) is 0.805. The summed E-state index contributed by atoms with van der Waals surface area (Å²) in [6, 6.07) is 5.24. The smallest absolute Gasteiger partial charge is 0.309 e. The molecule has 0 fully saturated rings. The molecule has 88 valence electrons. The third kappa shape index (κ3) is 4.24. The van der Waals surface area contributed by atoms with Crippen LogP contribution in [0, 0.1) is 0 Å². The van der Waals surface area contributed by atoms with Gasteiger partial charge in [0.1, 0.15) is 0 Å². The Bertz CT molecular complexity index is 360. The van der Waals surface area contributed by atoms with Crippen LogP contribution < -0.4 is 5.32 Å². The number of nitrogens with one attached hydrogen (secondary N) is 1. The summed E-state index contributed by atoms with van der Waals surface area (Å²) in [6.45, 7) is 0.908. The lowest BCUT2D eigenvalue weighted by Crippen LogP contribution is -2.13. The van der Waals surface area contributed by atoms with Crippen molar-refractivity contribution in [3.63, 3.8) is 0 Å². The fourth-order valence-electron chi connectivity index (χ4n) is 1.20. The van der Waals surface area contributed by atoms with Crippen LogP contribution in [0.2, 0.25) is 0 Å². The molecular weight excluding hydrogens is 239 g/mol. The first-order valence-electron chi connectivity index (χ1n) is 4.66. The summed E-state index contributed by atoms with van der Waals surface area (Å²) in [7, 11) is 0. The van der Waals surface area contributed by atoms with Gasteiger partial charge in [-0.15, -0.1) is 0 Å². The Balaban J connectivity index is 2.61. The summed E-state index contributed by atoms with van der Waals surface area (Å²) >= 11 is 5.30. The lowest BCUT2D eigenvalue weighted by atomic mass is 10.1. The Kier molecular flexibility index (Phi) is 4.83. The van der Waals surface area contributed by atoms with Gasteiger partial charge in [-0.2, -0.15) is 13.2 Å². The van der Waals surface area contributed by atoms with E-state index in [4.69, 9.17) is 11.6 Å². The third-order valence-electron chi connectivity index (χ3n) is 1.93. The monoisotopic (exact) mass is 249 g/mol. The van der Waals surface area contributed by atoms with Crippen LogP contribution in [0.1, 0.15) is 11.1 Å². The van der Waals surface area contributed by atoms with E-state index in [0.717, 1.165) is 12.1 Å². The summed E-state index contributed by atoms with van der Waals surface area (Å²) in [6.07, 6.45) is -2.61. The van der Waals surface area contributed by atoms with Crippen molar-refractivity contribution in [3.05, 3.63) is 47.0 Å². The van der Waals surface area contributed by atoms with E-state index in [9.17, 15) is 13.2 Å². The minimum atomic E-state index is -4.29. The first-order chi connectivity index (χ1) is 7.54. The summed E-state index contributed by atoms with van der Waals surface area (Å²) in [4.78, 5) is 0. The maximum atomic E-state index is 12.4. The fraction of sp³-hybridized carbons (Fsp3) is 0.273. The lowest BCUT2D eigenvalue weighted by Gasteiger charge is -2.08. The number of hydrogen-bond acceptors (Lipinski definition) is 1. The van der Waals surface area contributed by atoms with Gasteiger partial charge in [-0.1, -0.05) is 35.9 Å². The van der Waals surface area contributed by atoms with Gasteiger partial charge in [0.05, 0.1) is 5.56 Å². The number of hydrogen-bond donors (Lipinski definition) is 1. The van der Waals surface area contributed by atoms with Crippen LogP contribution in [0.5, 0.6) is 0 Å². The molecule has 16 heavy (non-hydrogen) atoms. The molecule has 0 aliphatic heterocycles. The standard InChI is InChI=1S/C11H11ClF3N/c12-5-2-6-16-8-9-3-1-4-10(7-9)11(13,14)15/h1-5,7,16H,6,8H2/b5-2+. The van der Waals surface area contributed by atoms with Gasteiger partial charge in [-0.25, -0.2) is 0 Å². The molecule has 0 atom stereocenters. The molecule has 1 aromatic rings. The molecule has 0 unspecified atom stereocenters. The SMILES string of the molecule is FC(F)(F)c1cccc(CNC/C=C/Cl)c1. The van der Waals surface area contributed by atoms with Gasteiger partial charge in [-0.3, -0.25) is 0 Å². The van der Waals surface area contributed by atoms with Crippen molar-refractivity contribution < 1.29 is 13.2 Å². The normalized spacial score (nSPS) is 12.2. The van der Waals surface area contributed by atoms with Gasteiger partial charge in [0.2, 0.25) is 0 Å². The highest BCUT2D eigenvalue weighted by Crippen LogP contribution is 2.29. The molecular formula is C11H11ClF3N. The van der Waals surface area contributed by atoms with Crippen molar-refractivity contribution in [2.45, 2.75) is 12.7 Å². The summed E-state index contributed by atoms with van der Waals surface area (Å²) < 4.78 is 37.1. The van der Waals surface area contributed by atoms with Crippen LogP contribution in [0.25, 0.3) is 0 Å². The van der Waals surface area contributed by atoms with Crippen LogP contribution >= 0.6 is 11.6 Å². The molecule has 0 radical (unpaired) electrons. The summed E-state index contributed by atoms with van der Waals surface area (Å²) in [5.74, 6) is 0. The maximum absolute atomic E-state index is 12.4. The Morgan fingerprint density at radius 2 is 2.06 bits per heavy atom. The second-order valence-electron chi connectivity index (χ2n) is 3.19. The van der Waals surface area contributed by atoms with Crippen molar-refractivity contribution >= 4 is 11.6 Å². The first kappa shape index (κ1) is 13.1. The molecule has 0 aromatic heterocycles. The fourth-order valence-corrected chi connectivity index (χ4v) is 1.29. The van der Waals surface area contributed by atoms with E-state index in [0.29, 0.717) is 18.7 Å². The predicted octanol–water partition coefficient (Wildman–Crippen LogP) is 3.55. The minimum Gasteiger partial charge on any atom is -0.309 e. The average molecular weight is 250 g/mol. The summed E-state index contributed by atoms with van der Waals surface area (Å²) in [5, 5.41) is 2.94. The van der Waals surface area contributed by atoms with Crippen LogP contribution in [-0.4, -0.2) is 6.54 Å². The van der Waals surface area contributed by atoms with Crippen molar-refractivity contribution in [3.8, 4) is 0 Å². The molecule has 0 aliphatic rings. The highest BCUT2D eigenvalue weighted by Gasteiger charge is 2.30. The Morgan fingerprint density at radius 3 is 2.69 bits per heavy atom. The molecule has 0 aliphatic carbocycles. The topological polar surface area (TPSA) is 12.0 Å². The molecule has 0 saturated carbocycles. The van der Waals surface area contributed by atoms with E-state index in [1.165, 1.54) is 11.6 Å². The summed E-state index contributed by atoms with van der Waals surface area (Å²) in [5.41, 5.74) is 1.33. The molecule has 1 aromatic carbocycles. The molecule has 0 amide bonds. The van der Waals surface area contributed by atoms with E-state index in [2.05, 4.69) is 5.32 Å². The molecule has 1 N–H and O–H groups in total. The van der Waals surface area contributed by atoms with Crippen LogP contribution in [0.15, 0.2) is 35.9 Å². The number of rotatable bonds is 4. The number of halogens is 4. The zero-order valence-corrected chi connectivity index (χ0v) is 9.15. The lowest BCUT2D eigenvalue weighted by molar-refractivity contribution is -0.137. The molecule has 0 bridgehead atoms. The van der Waals surface area contributed by atoms with E-state index in [1.54, 1.807) is 12.1 Å². The highest BCUT2D eigenvalue weighted by atomic mass is 35.5. The van der Waals surface area contributed by atoms with Gasteiger partial charge in [0.15, 0.2) is 0 Å². The Labute approximate surface area is 96.9 Å². The van der Waals surface area contributed by atoms with Gasteiger partial charge in [0.25, 0.3) is 0 Å². The van der Waals surface area contributed by atoms with Crippen LogP contribution in [0.3, 0.4) is 0 Å². The van der Waals surface area contributed by atoms with Gasteiger partial charge in [0, 0.05) is 18.6 Å². The average Bonchev–Trinajstić information content (AvgIpc) is 2.24. The van der Waals surface area contributed by atoms with Crippen LogP contribution in [0.4, 0.5) is 13.2 Å². The van der Waals surface area contributed by atoms with E-state index in [1.807, 2.05) is 0 Å². The first-order valence-corrected chi connectivity index (χ1v) is 5.10. The minimum absolute atomic E-state index is 0.380. The molecule has 1 nitrogen and oxygen atoms in total. The molecule has 0 saturated heterocycles. The van der Waals surface area contributed by atoms with E-state index < -0.39 is 11.7 Å². The molecule has 1 rings (SSSR count).